The molecule has 0 atom stereocenters. The molecule has 40 heavy (non-hydrogen) atoms. The second-order valence-corrected chi connectivity index (χ2v) is 16.1. The zero-order valence-electron chi connectivity index (χ0n) is 24.0. The van der Waals surface area contributed by atoms with Crippen LogP contribution in [0.3, 0.4) is 0 Å². The molecule has 5 aromatic carbocycles. The minimum Gasteiger partial charge on any atom is -0.184 e. The Labute approximate surface area is 262 Å². The molecule has 0 nitrogen and oxygen atoms in total. The Bertz CT molecular complexity index is 1520. The SMILES string of the molecule is CCCc1cc2c(-c3ccccc3CC)c(C(C)(C)C)ccc2[cH-]1.[Cl][Zr+2][Cl].[c-]1cccc2c1[Si]c1ccccc1-2. The molecule has 0 unspecified atom stereocenters. The Morgan fingerprint density at radius 2 is 1.52 bits per heavy atom. The van der Waals surface area contributed by atoms with E-state index in [9.17, 15) is 0 Å². The minimum atomic E-state index is -0.826. The fourth-order valence-electron chi connectivity index (χ4n) is 5.49. The van der Waals surface area contributed by atoms with Crippen molar-refractivity contribution in [3.05, 3.63) is 114 Å². The third-order valence-electron chi connectivity index (χ3n) is 7.30. The second kappa shape index (κ2) is 14.4. The molecule has 6 rings (SSSR count). The van der Waals surface area contributed by atoms with Crippen molar-refractivity contribution in [1.82, 2.24) is 0 Å². The summed E-state index contributed by atoms with van der Waals surface area (Å²) in [6.45, 7) is 11.5. The van der Waals surface area contributed by atoms with Gasteiger partial charge in [0.2, 0.25) is 0 Å². The number of fused-ring (bicyclic) bond motifs is 4. The van der Waals surface area contributed by atoms with Gasteiger partial charge in [-0.15, -0.1) is 40.1 Å². The van der Waals surface area contributed by atoms with Gasteiger partial charge in [0.1, 0.15) is 0 Å². The molecular formula is C36H36Cl2SiZr. The van der Waals surface area contributed by atoms with Gasteiger partial charge in [-0.3, -0.25) is 0 Å². The summed E-state index contributed by atoms with van der Waals surface area (Å²) >= 11 is -0.826. The van der Waals surface area contributed by atoms with Crippen LogP contribution in [0.4, 0.5) is 0 Å². The Hall–Kier alpha value is -1.83. The van der Waals surface area contributed by atoms with Crippen LogP contribution in [0.25, 0.3) is 33.0 Å². The maximum Gasteiger partial charge on any atom is 0.0920 e. The van der Waals surface area contributed by atoms with Crippen LogP contribution in [0.2, 0.25) is 0 Å². The standard InChI is InChI=1S/C24H29.C12H7Si.2ClH.Zr/c1-6-10-17-15-19-13-14-22(24(3,4)5)23(21(19)16-17)20-12-9-8-11-18(20)7-2;1-3-7-11-9(5-1)10-6-2-4-8-12(10)13-11;;;/h8-9,11-16H,6-7,10H2,1-5H3;1-7H;2*1H;/q2*-1;;;+4/p-2. The molecule has 1 heterocycles. The molecule has 5 aromatic rings. The van der Waals surface area contributed by atoms with Gasteiger partial charge in [0.05, 0.1) is 9.52 Å². The molecule has 1 aliphatic heterocycles. The summed E-state index contributed by atoms with van der Waals surface area (Å²) in [4.78, 5) is 0. The number of hydrogen-bond donors (Lipinski definition) is 0. The van der Waals surface area contributed by atoms with Gasteiger partial charge in [0, 0.05) is 0 Å². The van der Waals surface area contributed by atoms with Crippen molar-refractivity contribution in [1.29, 1.82) is 0 Å². The average Bonchev–Trinajstić information content (AvgIpc) is 3.54. The minimum absolute atomic E-state index is 0.132. The van der Waals surface area contributed by atoms with Crippen molar-refractivity contribution in [3.8, 4) is 22.3 Å². The monoisotopic (exact) mass is 656 g/mol. The quantitative estimate of drug-likeness (QED) is 0.131. The number of hydrogen-bond acceptors (Lipinski definition) is 0. The van der Waals surface area contributed by atoms with E-state index in [4.69, 9.17) is 17.0 Å². The van der Waals surface area contributed by atoms with Crippen LogP contribution >= 0.6 is 17.0 Å². The molecular weight excluding hydrogens is 623 g/mol. The molecule has 0 aliphatic carbocycles. The summed E-state index contributed by atoms with van der Waals surface area (Å²) in [6, 6.07) is 36.5. The topological polar surface area (TPSA) is 0 Å². The molecule has 1 aliphatic rings. The first kappa shape index (κ1) is 31.1. The Kier molecular flexibility index (Phi) is 11.2. The first-order valence-corrected chi connectivity index (χ1v) is 21.3. The summed E-state index contributed by atoms with van der Waals surface area (Å²) in [6.07, 6.45) is 3.43. The van der Waals surface area contributed by atoms with Crippen molar-refractivity contribution < 1.29 is 20.8 Å². The van der Waals surface area contributed by atoms with Crippen LogP contribution in [0.5, 0.6) is 0 Å². The van der Waals surface area contributed by atoms with Crippen LogP contribution in [0, 0.1) is 6.07 Å². The van der Waals surface area contributed by atoms with E-state index in [-0.39, 0.29) is 5.41 Å². The third kappa shape index (κ3) is 7.14. The maximum atomic E-state index is 4.93. The molecule has 0 bridgehead atoms. The van der Waals surface area contributed by atoms with Gasteiger partial charge in [0.25, 0.3) is 0 Å². The van der Waals surface area contributed by atoms with E-state index in [1.165, 1.54) is 66.5 Å². The zero-order chi connectivity index (χ0) is 28.7. The number of halogens is 2. The molecule has 0 spiro atoms. The van der Waals surface area contributed by atoms with E-state index >= 15 is 0 Å². The van der Waals surface area contributed by atoms with Crippen LogP contribution in [0.15, 0.2) is 91.0 Å². The molecule has 0 N–H and O–H groups in total. The average molecular weight is 659 g/mol. The van der Waals surface area contributed by atoms with Crippen molar-refractivity contribution in [3.63, 3.8) is 0 Å². The Morgan fingerprint density at radius 3 is 2.23 bits per heavy atom. The Morgan fingerprint density at radius 1 is 0.850 bits per heavy atom. The predicted molar refractivity (Wildman–Crippen MR) is 174 cm³/mol. The van der Waals surface area contributed by atoms with Crippen LogP contribution in [0.1, 0.15) is 57.7 Å². The van der Waals surface area contributed by atoms with Gasteiger partial charge in [-0.05, 0) is 29.4 Å². The fraction of sp³-hybridized carbons (Fsp3) is 0.250. The summed E-state index contributed by atoms with van der Waals surface area (Å²) in [5.41, 5.74) is 10.1. The van der Waals surface area contributed by atoms with E-state index in [1.54, 1.807) is 0 Å². The van der Waals surface area contributed by atoms with Gasteiger partial charge in [-0.25, -0.2) is 0 Å². The molecule has 0 saturated heterocycles. The van der Waals surface area contributed by atoms with E-state index in [2.05, 4.69) is 126 Å². The summed E-state index contributed by atoms with van der Waals surface area (Å²) < 4.78 is 0. The number of rotatable bonds is 4. The summed E-state index contributed by atoms with van der Waals surface area (Å²) in [7, 11) is 10.7. The zero-order valence-corrected chi connectivity index (χ0v) is 29.0. The molecule has 0 amide bonds. The normalized spacial score (nSPS) is 11.5. The molecule has 0 aromatic heterocycles. The predicted octanol–water partition coefficient (Wildman–Crippen LogP) is 9.54. The number of aryl methyl sites for hydroxylation is 2. The van der Waals surface area contributed by atoms with Gasteiger partial charge in [0.15, 0.2) is 0 Å². The largest absolute Gasteiger partial charge is 0.184 e. The van der Waals surface area contributed by atoms with Crippen molar-refractivity contribution in [2.45, 2.75) is 59.3 Å². The van der Waals surface area contributed by atoms with Crippen molar-refractivity contribution in [2.24, 2.45) is 0 Å². The molecule has 0 saturated carbocycles. The van der Waals surface area contributed by atoms with Gasteiger partial charge >= 0.3 is 37.9 Å². The Balaban J connectivity index is 0.000000192. The number of benzene rings is 4. The van der Waals surface area contributed by atoms with Crippen LogP contribution in [-0.2, 0) is 39.1 Å². The second-order valence-electron chi connectivity index (χ2n) is 11.1. The molecule has 4 heteroatoms. The van der Waals surface area contributed by atoms with E-state index in [0.717, 1.165) is 22.4 Å². The van der Waals surface area contributed by atoms with Gasteiger partial charge in [-0.2, -0.15) is 35.5 Å². The van der Waals surface area contributed by atoms with Gasteiger partial charge < -0.3 is 0 Å². The molecule has 0 fully saturated rings. The third-order valence-corrected chi connectivity index (χ3v) is 8.67. The first-order chi connectivity index (χ1) is 19.3. The van der Waals surface area contributed by atoms with E-state index < -0.39 is 20.8 Å². The fourth-order valence-corrected chi connectivity index (χ4v) is 6.80. The van der Waals surface area contributed by atoms with E-state index in [0.29, 0.717) is 0 Å². The summed E-state index contributed by atoms with van der Waals surface area (Å²) in [5.74, 6) is 0. The van der Waals surface area contributed by atoms with Crippen LogP contribution in [-0.4, -0.2) is 9.52 Å². The van der Waals surface area contributed by atoms with Crippen molar-refractivity contribution >= 4 is 47.7 Å². The molecule has 202 valence electrons. The van der Waals surface area contributed by atoms with Crippen molar-refractivity contribution in [2.75, 3.05) is 0 Å². The summed E-state index contributed by atoms with van der Waals surface area (Å²) in [5, 5.41) is 5.63. The van der Waals surface area contributed by atoms with E-state index in [1.807, 2.05) is 6.07 Å². The maximum absolute atomic E-state index is 4.93. The van der Waals surface area contributed by atoms with Crippen LogP contribution < -0.4 is 10.4 Å². The molecule has 2 radical (unpaired) electrons. The smallest absolute Gasteiger partial charge is 0.0920 e. The van der Waals surface area contributed by atoms with Gasteiger partial charge in [-0.1, -0.05) is 111 Å². The first-order valence-electron chi connectivity index (χ1n) is 14.0.